The van der Waals surface area contributed by atoms with Crippen LogP contribution in [0, 0.1) is 18.3 Å². The minimum absolute atomic E-state index is 0.0149. The summed E-state index contributed by atoms with van der Waals surface area (Å²) in [6.07, 6.45) is 2.16. The molecule has 1 unspecified atom stereocenters. The van der Waals surface area contributed by atoms with Crippen LogP contribution in [0.25, 0.3) is 22.4 Å². The Balaban J connectivity index is 1.85. The van der Waals surface area contributed by atoms with Gasteiger partial charge in [0.25, 0.3) is 5.56 Å². The number of aliphatic hydroxyl groups is 1. The number of fused-ring (bicyclic) bond motifs is 1. The molecular formula is C27H37N3O4. The van der Waals surface area contributed by atoms with Crippen molar-refractivity contribution in [2.75, 3.05) is 6.61 Å². The number of aliphatic hydroxyl groups excluding tert-OH is 1. The van der Waals surface area contributed by atoms with E-state index in [-0.39, 0.29) is 16.9 Å². The summed E-state index contributed by atoms with van der Waals surface area (Å²) in [5.74, 6) is -0.107. The summed E-state index contributed by atoms with van der Waals surface area (Å²) < 4.78 is 9.19. The number of imidazole rings is 1. The monoisotopic (exact) mass is 467 g/mol. The summed E-state index contributed by atoms with van der Waals surface area (Å²) in [4.78, 5) is 29.6. The van der Waals surface area contributed by atoms with Crippen LogP contribution in [0.5, 0.6) is 0 Å². The van der Waals surface area contributed by atoms with Crippen molar-refractivity contribution in [3.63, 3.8) is 0 Å². The third-order valence-electron chi connectivity index (χ3n) is 6.03. The minimum Gasteiger partial charge on any atom is -0.465 e. The lowest BCUT2D eigenvalue weighted by Gasteiger charge is -2.23. The normalized spacial score (nSPS) is 13.8. The second kappa shape index (κ2) is 10.1. The average Bonchev–Trinajstić information content (AvgIpc) is 3.13. The molecule has 0 radical (unpaired) electrons. The lowest BCUT2D eigenvalue weighted by Crippen LogP contribution is -2.30. The molecule has 0 aliphatic rings. The van der Waals surface area contributed by atoms with Gasteiger partial charge in [0.15, 0.2) is 0 Å². The predicted molar refractivity (Wildman–Crippen MR) is 135 cm³/mol. The second-order valence-corrected chi connectivity index (χ2v) is 10.4. The van der Waals surface area contributed by atoms with Crippen molar-refractivity contribution in [3.8, 4) is 11.4 Å². The molecule has 1 aromatic carbocycles. The van der Waals surface area contributed by atoms with Crippen LogP contribution in [0.4, 0.5) is 0 Å². The van der Waals surface area contributed by atoms with Crippen LogP contribution in [0.3, 0.4) is 0 Å². The fourth-order valence-electron chi connectivity index (χ4n) is 4.14. The fraction of sp³-hybridized carbons (Fsp3) is 0.519. The van der Waals surface area contributed by atoms with Crippen molar-refractivity contribution in [2.24, 2.45) is 18.4 Å². The highest BCUT2D eigenvalue weighted by Crippen LogP contribution is 2.27. The Hall–Kier alpha value is -2.93. The van der Waals surface area contributed by atoms with E-state index in [0.717, 1.165) is 34.5 Å². The highest BCUT2D eigenvalue weighted by molar-refractivity contribution is 5.81. The van der Waals surface area contributed by atoms with Crippen LogP contribution < -0.4 is 5.56 Å². The van der Waals surface area contributed by atoms with Crippen LogP contribution >= 0.6 is 0 Å². The lowest BCUT2D eigenvalue weighted by molar-refractivity contribution is -0.155. The Bertz CT molecular complexity index is 1200. The first-order valence-corrected chi connectivity index (χ1v) is 11.9. The summed E-state index contributed by atoms with van der Waals surface area (Å²) in [6, 6.07) is 8.02. The smallest absolute Gasteiger partial charge is 0.311 e. The second-order valence-electron chi connectivity index (χ2n) is 10.4. The molecule has 0 aliphatic heterocycles. The molecule has 0 saturated carbocycles. The Morgan fingerprint density at radius 2 is 1.94 bits per heavy atom. The van der Waals surface area contributed by atoms with Gasteiger partial charge in [0.2, 0.25) is 0 Å². The van der Waals surface area contributed by atoms with E-state index in [1.54, 1.807) is 18.5 Å². The Morgan fingerprint density at radius 3 is 2.53 bits per heavy atom. The maximum absolute atomic E-state index is 12.6. The van der Waals surface area contributed by atoms with Gasteiger partial charge in [-0.2, -0.15) is 0 Å². The quantitative estimate of drug-likeness (QED) is 0.501. The van der Waals surface area contributed by atoms with E-state index in [2.05, 4.69) is 17.6 Å². The Kier molecular flexibility index (Phi) is 7.66. The zero-order valence-corrected chi connectivity index (χ0v) is 21.4. The number of hydrogen-bond donors (Lipinski definition) is 1. The maximum atomic E-state index is 12.6. The Morgan fingerprint density at radius 1 is 1.24 bits per heavy atom. The number of carbonyl (C=O) groups is 1. The number of aryl methyl sites for hydroxylation is 4. The molecule has 184 valence electrons. The zero-order valence-electron chi connectivity index (χ0n) is 21.4. The van der Waals surface area contributed by atoms with Crippen molar-refractivity contribution in [1.82, 2.24) is 14.1 Å². The highest BCUT2D eigenvalue weighted by atomic mass is 16.5. The van der Waals surface area contributed by atoms with E-state index in [4.69, 9.17) is 9.72 Å². The van der Waals surface area contributed by atoms with Gasteiger partial charge >= 0.3 is 5.97 Å². The van der Waals surface area contributed by atoms with E-state index < -0.39 is 12.0 Å². The van der Waals surface area contributed by atoms with Gasteiger partial charge in [-0.1, -0.05) is 26.8 Å². The molecule has 7 heteroatoms. The average molecular weight is 468 g/mol. The number of aromatic nitrogens is 3. The first-order valence-electron chi connectivity index (χ1n) is 11.9. The molecule has 7 nitrogen and oxygen atoms in total. The standard InChI is InChI=1S/C27H37N3O4/c1-8-30-23-12-10-19(9-11-21(18(3)31)26(33)34-16-27(4,5)6)14-22(23)28-24(30)20-13-17(2)25(32)29(7)15-20/h10,12-15,18,21,31H,8-9,11,16H2,1-7H3/t18-,21?/m1/s1. The molecule has 1 N–H and O–H groups in total. The molecule has 0 saturated heterocycles. The number of rotatable bonds is 8. The SMILES string of the molecule is CCn1c(-c2cc(C)c(=O)n(C)c2)nc2cc(CCC(C(=O)OCC(C)(C)C)[C@@H](C)O)ccc21. The molecule has 2 atom stereocenters. The summed E-state index contributed by atoms with van der Waals surface area (Å²) >= 11 is 0. The van der Waals surface area contributed by atoms with Crippen LogP contribution in [-0.2, 0) is 29.5 Å². The zero-order chi connectivity index (χ0) is 25.2. The molecule has 0 bridgehead atoms. The van der Waals surface area contributed by atoms with E-state index in [1.165, 1.54) is 0 Å². The van der Waals surface area contributed by atoms with Crippen LogP contribution in [0.1, 0.15) is 52.2 Å². The molecule has 0 spiro atoms. The molecule has 3 rings (SSSR count). The van der Waals surface area contributed by atoms with Crippen molar-refractivity contribution in [3.05, 3.63) is 51.9 Å². The third kappa shape index (κ3) is 5.76. The van der Waals surface area contributed by atoms with Gasteiger partial charge in [-0.05, 0) is 62.8 Å². The van der Waals surface area contributed by atoms with E-state index in [1.807, 2.05) is 52.1 Å². The summed E-state index contributed by atoms with van der Waals surface area (Å²) in [5.41, 5.74) is 4.37. The summed E-state index contributed by atoms with van der Waals surface area (Å²) in [5, 5.41) is 10.2. The molecule has 0 fully saturated rings. The van der Waals surface area contributed by atoms with Crippen molar-refractivity contribution in [2.45, 2.75) is 67.0 Å². The van der Waals surface area contributed by atoms with Crippen LogP contribution in [0.15, 0.2) is 35.3 Å². The largest absolute Gasteiger partial charge is 0.465 e. The van der Waals surface area contributed by atoms with Gasteiger partial charge in [-0.3, -0.25) is 9.59 Å². The van der Waals surface area contributed by atoms with E-state index >= 15 is 0 Å². The minimum atomic E-state index is -0.782. The van der Waals surface area contributed by atoms with Gasteiger partial charge in [0.1, 0.15) is 5.82 Å². The molecular weight excluding hydrogens is 430 g/mol. The number of carbonyl (C=O) groups excluding carboxylic acids is 1. The number of hydrogen-bond acceptors (Lipinski definition) is 5. The summed E-state index contributed by atoms with van der Waals surface area (Å²) in [7, 11) is 1.75. The molecule has 0 amide bonds. The molecule has 34 heavy (non-hydrogen) atoms. The maximum Gasteiger partial charge on any atom is 0.311 e. The fourth-order valence-corrected chi connectivity index (χ4v) is 4.14. The first-order chi connectivity index (χ1) is 15.9. The first kappa shape index (κ1) is 25.7. The van der Waals surface area contributed by atoms with E-state index in [9.17, 15) is 14.7 Å². The van der Waals surface area contributed by atoms with Gasteiger partial charge < -0.3 is 19.0 Å². The van der Waals surface area contributed by atoms with Crippen molar-refractivity contribution < 1.29 is 14.6 Å². The van der Waals surface area contributed by atoms with E-state index in [0.29, 0.717) is 25.0 Å². The topological polar surface area (TPSA) is 86.4 Å². The van der Waals surface area contributed by atoms with Crippen molar-refractivity contribution >= 4 is 17.0 Å². The number of esters is 1. The molecule has 0 aliphatic carbocycles. The number of benzene rings is 1. The number of nitrogens with zero attached hydrogens (tertiary/aromatic N) is 3. The molecule has 2 heterocycles. The summed E-state index contributed by atoms with van der Waals surface area (Å²) in [6.45, 7) is 12.6. The Labute approximate surface area is 201 Å². The van der Waals surface area contributed by atoms with Gasteiger partial charge in [0.05, 0.1) is 29.7 Å². The third-order valence-corrected chi connectivity index (χ3v) is 6.03. The van der Waals surface area contributed by atoms with Gasteiger partial charge in [-0.25, -0.2) is 4.98 Å². The molecule has 3 aromatic rings. The van der Waals surface area contributed by atoms with Gasteiger partial charge in [0, 0.05) is 30.9 Å². The number of ether oxygens (including phenoxy) is 1. The highest BCUT2D eigenvalue weighted by Gasteiger charge is 2.26. The van der Waals surface area contributed by atoms with Gasteiger partial charge in [-0.15, -0.1) is 0 Å². The molecule has 2 aromatic heterocycles. The predicted octanol–water partition coefficient (Wildman–Crippen LogP) is 4.25. The van der Waals surface area contributed by atoms with Crippen molar-refractivity contribution in [1.29, 1.82) is 0 Å². The van der Waals surface area contributed by atoms with Crippen LogP contribution in [-0.4, -0.2) is 37.9 Å². The van der Waals surface area contributed by atoms with Crippen LogP contribution in [0.2, 0.25) is 0 Å². The lowest BCUT2D eigenvalue weighted by atomic mass is 9.94. The number of pyridine rings is 1.